The van der Waals surface area contributed by atoms with Crippen LogP contribution in [-0.2, 0) is 0 Å². The summed E-state index contributed by atoms with van der Waals surface area (Å²) in [7, 11) is 0. The molecule has 2 rings (SSSR count). The smallest absolute Gasteiger partial charge is 0.349 e. The third kappa shape index (κ3) is 1.89. The molecular formula is C7H6N4O3S. The van der Waals surface area contributed by atoms with Crippen LogP contribution in [-0.4, -0.2) is 21.2 Å². The van der Waals surface area contributed by atoms with Crippen molar-refractivity contribution in [1.29, 1.82) is 0 Å². The number of hydrogen-bond donors (Lipinski definition) is 3. The molecule has 4 N–H and O–H groups in total. The zero-order chi connectivity index (χ0) is 10.8. The van der Waals surface area contributed by atoms with Gasteiger partial charge in [-0.15, -0.1) is 0 Å². The molecule has 2 aromatic heterocycles. The van der Waals surface area contributed by atoms with Gasteiger partial charge in [-0.2, -0.15) is 0 Å². The van der Waals surface area contributed by atoms with Gasteiger partial charge in [0.1, 0.15) is 6.26 Å². The lowest BCUT2D eigenvalue weighted by atomic mass is 10.5. The molecule has 0 bridgehead atoms. The van der Waals surface area contributed by atoms with Gasteiger partial charge < -0.3 is 20.7 Å². The molecule has 0 aliphatic rings. The Morgan fingerprint density at radius 2 is 2.47 bits per heavy atom. The first-order valence-corrected chi connectivity index (χ1v) is 4.65. The Kier molecular flexibility index (Phi) is 2.26. The van der Waals surface area contributed by atoms with Crippen LogP contribution in [0, 0.1) is 0 Å². The number of carboxylic acids is 1. The fourth-order valence-electron chi connectivity index (χ4n) is 0.925. The van der Waals surface area contributed by atoms with Gasteiger partial charge in [0.25, 0.3) is 0 Å². The predicted molar refractivity (Wildman–Crippen MR) is 53.3 cm³/mol. The Balaban J connectivity index is 2.23. The minimum atomic E-state index is -1.10. The van der Waals surface area contributed by atoms with Crippen LogP contribution in [0.2, 0.25) is 0 Å². The summed E-state index contributed by atoms with van der Waals surface area (Å²) in [6.45, 7) is 0. The van der Waals surface area contributed by atoms with E-state index in [1.165, 1.54) is 6.26 Å². The highest BCUT2D eigenvalue weighted by atomic mass is 32.1. The van der Waals surface area contributed by atoms with E-state index in [1.807, 2.05) is 0 Å². The normalized spacial score (nSPS) is 10.1. The molecule has 0 saturated heterocycles. The maximum absolute atomic E-state index is 10.7. The van der Waals surface area contributed by atoms with Crippen LogP contribution >= 0.6 is 11.3 Å². The molecule has 0 aliphatic carbocycles. The van der Waals surface area contributed by atoms with Crippen molar-refractivity contribution < 1.29 is 14.4 Å². The molecule has 0 radical (unpaired) electrons. The minimum absolute atomic E-state index is 0.000921. The predicted octanol–water partition coefficient (Wildman–Crippen LogP) is 1.16. The fourth-order valence-corrected chi connectivity index (χ4v) is 1.66. The summed E-state index contributed by atoms with van der Waals surface area (Å²) in [6, 6.07) is 1.58. The fraction of sp³-hybridized carbons (Fsp3) is 0. The van der Waals surface area contributed by atoms with Crippen LogP contribution in [0.4, 0.5) is 16.8 Å². The summed E-state index contributed by atoms with van der Waals surface area (Å²) in [5.74, 6) is -0.669. The van der Waals surface area contributed by atoms with Gasteiger partial charge in [-0.1, -0.05) is 16.5 Å². The monoisotopic (exact) mass is 226 g/mol. The molecule has 78 valence electrons. The first kappa shape index (κ1) is 9.46. The Bertz CT molecular complexity index is 478. The van der Waals surface area contributed by atoms with Gasteiger partial charge >= 0.3 is 5.97 Å². The molecule has 0 saturated carbocycles. The second-order valence-electron chi connectivity index (χ2n) is 2.55. The highest BCUT2D eigenvalue weighted by Gasteiger charge is 2.15. The van der Waals surface area contributed by atoms with Crippen molar-refractivity contribution >= 4 is 34.1 Å². The molecular weight excluding hydrogens is 220 g/mol. The quantitative estimate of drug-likeness (QED) is 0.719. The maximum atomic E-state index is 10.7. The molecule has 7 nitrogen and oxygen atoms in total. The van der Waals surface area contributed by atoms with Crippen LogP contribution in [0.3, 0.4) is 0 Å². The average Bonchev–Trinajstić information content (AvgIpc) is 2.75. The Hall–Kier alpha value is -2.09. The van der Waals surface area contributed by atoms with E-state index in [0.29, 0.717) is 10.9 Å². The van der Waals surface area contributed by atoms with E-state index in [2.05, 4.69) is 20.0 Å². The molecule has 2 aromatic rings. The highest BCUT2D eigenvalue weighted by Crippen LogP contribution is 2.26. The lowest BCUT2D eigenvalue weighted by Gasteiger charge is -1.92. The summed E-state index contributed by atoms with van der Waals surface area (Å²) in [4.78, 5) is 14.5. The summed E-state index contributed by atoms with van der Waals surface area (Å²) in [5, 5.41) is 15.4. The van der Waals surface area contributed by atoms with Crippen molar-refractivity contribution in [2.75, 3.05) is 11.1 Å². The highest BCUT2D eigenvalue weighted by molar-refractivity contribution is 7.18. The lowest BCUT2D eigenvalue weighted by Crippen LogP contribution is -1.97. The molecule has 0 unspecified atom stereocenters. The number of anilines is 3. The standard InChI is InChI=1S/C7H6N4O3S/c8-5-4(6(12)13)15-7(10-5)9-3-1-2-14-11-3/h1-2H,8H2,(H,12,13)(H,9,10,11). The third-order valence-electron chi connectivity index (χ3n) is 1.52. The van der Waals surface area contributed by atoms with Crippen LogP contribution in [0.5, 0.6) is 0 Å². The second-order valence-corrected chi connectivity index (χ2v) is 3.55. The number of nitrogens with one attached hydrogen (secondary N) is 1. The van der Waals surface area contributed by atoms with Crippen LogP contribution in [0.25, 0.3) is 0 Å². The van der Waals surface area contributed by atoms with E-state index in [9.17, 15) is 4.79 Å². The SMILES string of the molecule is Nc1nc(Nc2ccon2)sc1C(=O)O. The molecule has 0 aliphatic heterocycles. The molecule has 2 heterocycles. The maximum Gasteiger partial charge on any atom is 0.349 e. The van der Waals surface area contributed by atoms with Crippen molar-refractivity contribution in [1.82, 2.24) is 10.1 Å². The zero-order valence-electron chi connectivity index (χ0n) is 7.30. The van der Waals surface area contributed by atoms with Crippen LogP contribution in [0.15, 0.2) is 16.9 Å². The molecule has 0 aromatic carbocycles. The van der Waals surface area contributed by atoms with Gasteiger partial charge in [-0.25, -0.2) is 9.78 Å². The number of hydrogen-bond acceptors (Lipinski definition) is 7. The van der Waals surface area contributed by atoms with E-state index in [4.69, 9.17) is 10.8 Å². The van der Waals surface area contributed by atoms with Crippen molar-refractivity contribution in [3.05, 3.63) is 17.2 Å². The van der Waals surface area contributed by atoms with E-state index in [0.717, 1.165) is 11.3 Å². The lowest BCUT2D eigenvalue weighted by molar-refractivity contribution is 0.0703. The van der Waals surface area contributed by atoms with Gasteiger partial charge in [0, 0.05) is 6.07 Å². The second kappa shape index (κ2) is 3.58. The Morgan fingerprint density at radius 3 is 3.00 bits per heavy atom. The molecule has 0 spiro atoms. The summed E-state index contributed by atoms with van der Waals surface area (Å²) in [6.07, 6.45) is 1.39. The number of aromatic carboxylic acids is 1. The zero-order valence-corrected chi connectivity index (χ0v) is 8.11. The molecule has 0 amide bonds. The van der Waals surface area contributed by atoms with Gasteiger partial charge in [-0.05, 0) is 0 Å². The number of nitrogens with two attached hydrogens (primary N) is 1. The van der Waals surface area contributed by atoms with Crippen molar-refractivity contribution in [3.8, 4) is 0 Å². The average molecular weight is 226 g/mol. The topological polar surface area (TPSA) is 114 Å². The molecule has 0 atom stereocenters. The number of thiazole rings is 1. The molecule has 8 heteroatoms. The van der Waals surface area contributed by atoms with Gasteiger partial charge in [0.05, 0.1) is 0 Å². The summed E-state index contributed by atoms with van der Waals surface area (Å²) >= 11 is 0.937. The summed E-state index contributed by atoms with van der Waals surface area (Å²) < 4.78 is 4.59. The number of nitrogens with zero attached hydrogens (tertiary/aromatic N) is 2. The number of carbonyl (C=O) groups is 1. The third-order valence-corrected chi connectivity index (χ3v) is 2.50. The van der Waals surface area contributed by atoms with Gasteiger partial charge in [0.15, 0.2) is 21.6 Å². The van der Waals surface area contributed by atoms with E-state index in [1.54, 1.807) is 6.07 Å². The van der Waals surface area contributed by atoms with Crippen molar-refractivity contribution in [2.45, 2.75) is 0 Å². The summed E-state index contributed by atoms with van der Waals surface area (Å²) in [5.41, 5.74) is 5.41. The van der Waals surface area contributed by atoms with Gasteiger partial charge in [0.2, 0.25) is 0 Å². The molecule has 0 fully saturated rings. The van der Waals surface area contributed by atoms with E-state index >= 15 is 0 Å². The molecule has 15 heavy (non-hydrogen) atoms. The first-order chi connectivity index (χ1) is 7.16. The number of aromatic nitrogens is 2. The minimum Gasteiger partial charge on any atom is -0.477 e. The van der Waals surface area contributed by atoms with Crippen LogP contribution < -0.4 is 11.1 Å². The number of rotatable bonds is 3. The Morgan fingerprint density at radius 1 is 1.67 bits per heavy atom. The van der Waals surface area contributed by atoms with Gasteiger partial charge in [-0.3, -0.25) is 0 Å². The first-order valence-electron chi connectivity index (χ1n) is 3.84. The van der Waals surface area contributed by atoms with Crippen molar-refractivity contribution in [3.63, 3.8) is 0 Å². The number of carboxylic acid groups (broad SMARTS) is 1. The number of nitrogen functional groups attached to an aromatic ring is 1. The van der Waals surface area contributed by atoms with E-state index in [-0.39, 0.29) is 10.7 Å². The van der Waals surface area contributed by atoms with E-state index < -0.39 is 5.97 Å². The van der Waals surface area contributed by atoms with Crippen LogP contribution in [0.1, 0.15) is 9.67 Å². The Labute approximate surface area is 87.5 Å². The van der Waals surface area contributed by atoms with Crippen molar-refractivity contribution in [2.24, 2.45) is 0 Å². The largest absolute Gasteiger partial charge is 0.477 e.